The third-order valence-electron chi connectivity index (χ3n) is 4.65. The predicted octanol–water partition coefficient (Wildman–Crippen LogP) is 3.30. The second kappa shape index (κ2) is 9.96. The molecule has 0 spiro atoms. The summed E-state index contributed by atoms with van der Waals surface area (Å²) >= 11 is 5.98. The van der Waals surface area contributed by atoms with Crippen molar-refractivity contribution in [3.05, 3.63) is 58.6 Å². The minimum atomic E-state index is -0.734. The average Bonchev–Trinajstić information content (AvgIpc) is 2.71. The maximum atomic E-state index is 11.8. The van der Waals surface area contributed by atoms with E-state index in [1.165, 1.54) is 0 Å². The fourth-order valence-corrected chi connectivity index (χ4v) is 3.36. The van der Waals surface area contributed by atoms with Crippen LogP contribution in [0.25, 0.3) is 0 Å². The van der Waals surface area contributed by atoms with E-state index in [4.69, 9.17) is 25.8 Å². The molecule has 1 heterocycles. The molecule has 2 aromatic rings. The van der Waals surface area contributed by atoms with E-state index in [9.17, 15) is 9.90 Å². The Hall–Kier alpha value is -2.28. The van der Waals surface area contributed by atoms with Crippen LogP contribution in [0.5, 0.6) is 11.5 Å². The summed E-state index contributed by atoms with van der Waals surface area (Å²) in [6, 6.07) is 13.0. The van der Waals surface area contributed by atoms with E-state index < -0.39 is 18.2 Å². The molecule has 0 fully saturated rings. The molecule has 3 atom stereocenters. The topological polar surface area (TPSA) is 77.0 Å². The highest BCUT2D eigenvalue weighted by atomic mass is 35.5. The molecule has 0 aliphatic carbocycles. The zero-order valence-corrected chi connectivity index (χ0v) is 17.3. The Morgan fingerprint density at radius 1 is 1.31 bits per heavy atom. The molecule has 156 valence electrons. The SMILES string of the molecule is CCOC(=O)C1COc2cc(CC(C)NC[C@H](O)c3cccc(Cl)c3)ccc2O1. The highest BCUT2D eigenvalue weighted by molar-refractivity contribution is 6.30. The van der Waals surface area contributed by atoms with Crippen LogP contribution in [-0.4, -0.2) is 43.0 Å². The van der Waals surface area contributed by atoms with E-state index >= 15 is 0 Å². The van der Waals surface area contributed by atoms with Crippen molar-refractivity contribution < 1.29 is 24.1 Å². The van der Waals surface area contributed by atoms with Gasteiger partial charge in [0.25, 0.3) is 0 Å². The van der Waals surface area contributed by atoms with E-state index in [0.717, 1.165) is 17.5 Å². The largest absolute Gasteiger partial charge is 0.485 e. The molecule has 3 rings (SSSR count). The minimum Gasteiger partial charge on any atom is -0.485 e. The van der Waals surface area contributed by atoms with Crippen molar-refractivity contribution in [2.75, 3.05) is 19.8 Å². The lowest BCUT2D eigenvalue weighted by atomic mass is 10.0. The monoisotopic (exact) mass is 419 g/mol. The Labute approximate surface area is 175 Å². The third kappa shape index (κ3) is 5.85. The van der Waals surface area contributed by atoms with Crippen molar-refractivity contribution in [2.24, 2.45) is 0 Å². The number of hydrogen-bond acceptors (Lipinski definition) is 6. The van der Waals surface area contributed by atoms with Gasteiger partial charge in [-0.05, 0) is 55.7 Å². The quantitative estimate of drug-likeness (QED) is 0.639. The van der Waals surface area contributed by atoms with E-state index in [0.29, 0.717) is 29.7 Å². The van der Waals surface area contributed by atoms with Crippen molar-refractivity contribution >= 4 is 17.6 Å². The molecule has 2 aromatic carbocycles. The highest BCUT2D eigenvalue weighted by Gasteiger charge is 2.28. The first kappa shape index (κ1) is 21.4. The van der Waals surface area contributed by atoms with Crippen molar-refractivity contribution in [3.63, 3.8) is 0 Å². The summed E-state index contributed by atoms with van der Waals surface area (Å²) in [6.07, 6.45) is -0.613. The molecule has 1 aliphatic rings. The number of hydrogen-bond donors (Lipinski definition) is 2. The fraction of sp³-hybridized carbons (Fsp3) is 0.409. The Kier molecular flexibility index (Phi) is 7.36. The minimum absolute atomic E-state index is 0.134. The number of aliphatic hydroxyl groups is 1. The van der Waals surface area contributed by atoms with Gasteiger partial charge in [-0.1, -0.05) is 29.8 Å². The van der Waals surface area contributed by atoms with Gasteiger partial charge in [0.15, 0.2) is 11.5 Å². The number of fused-ring (bicyclic) bond motifs is 1. The summed E-state index contributed by atoms with van der Waals surface area (Å²) in [5.41, 5.74) is 1.85. The third-order valence-corrected chi connectivity index (χ3v) is 4.89. The van der Waals surface area contributed by atoms with Gasteiger partial charge in [0.05, 0.1) is 12.7 Å². The van der Waals surface area contributed by atoms with Gasteiger partial charge in [-0.2, -0.15) is 0 Å². The maximum absolute atomic E-state index is 11.8. The number of nitrogens with one attached hydrogen (secondary N) is 1. The van der Waals surface area contributed by atoms with Gasteiger partial charge in [-0.15, -0.1) is 0 Å². The molecule has 0 radical (unpaired) electrons. The molecule has 6 nitrogen and oxygen atoms in total. The zero-order chi connectivity index (χ0) is 20.8. The molecule has 0 amide bonds. The number of halogens is 1. The van der Waals surface area contributed by atoms with Crippen LogP contribution in [0.15, 0.2) is 42.5 Å². The average molecular weight is 420 g/mol. The zero-order valence-electron chi connectivity index (χ0n) is 16.6. The number of carbonyl (C=O) groups is 1. The van der Waals surface area contributed by atoms with Gasteiger partial charge < -0.3 is 24.6 Å². The lowest BCUT2D eigenvalue weighted by molar-refractivity contribution is -0.153. The number of benzene rings is 2. The molecule has 2 N–H and O–H groups in total. The fourth-order valence-electron chi connectivity index (χ4n) is 3.16. The molecule has 0 aromatic heterocycles. The Bertz CT molecular complexity index is 844. The second-order valence-electron chi connectivity index (χ2n) is 7.03. The molecule has 0 bridgehead atoms. The molecule has 2 unspecified atom stereocenters. The lowest BCUT2D eigenvalue weighted by Crippen LogP contribution is -2.38. The maximum Gasteiger partial charge on any atom is 0.350 e. The smallest absolute Gasteiger partial charge is 0.350 e. The van der Waals surface area contributed by atoms with Gasteiger partial charge in [0.2, 0.25) is 6.10 Å². The lowest BCUT2D eigenvalue weighted by Gasteiger charge is -2.25. The first-order valence-electron chi connectivity index (χ1n) is 9.72. The van der Waals surface area contributed by atoms with E-state index in [-0.39, 0.29) is 12.6 Å². The normalized spacial score (nSPS) is 17.4. The molecule has 0 saturated carbocycles. The van der Waals surface area contributed by atoms with Crippen LogP contribution >= 0.6 is 11.6 Å². The van der Waals surface area contributed by atoms with Crippen LogP contribution in [0.3, 0.4) is 0 Å². The van der Waals surface area contributed by atoms with Crippen molar-refractivity contribution in [1.82, 2.24) is 5.32 Å². The van der Waals surface area contributed by atoms with Crippen LogP contribution < -0.4 is 14.8 Å². The van der Waals surface area contributed by atoms with E-state index in [2.05, 4.69) is 12.2 Å². The molecular weight excluding hydrogens is 394 g/mol. The molecule has 29 heavy (non-hydrogen) atoms. The Morgan fingerprint density at radius 3 is 2.90 bits per heavy atom. The van der Waals surface area contributed by atoms with Crippen molar-refractivity contribution in [3.8, 4) is 11.5 Å². The summed E-state index contributed by atoms with van der Waals surface area (Å²) < 4.78 is 16.4. The summed E-state index contributed by atoms with van der Waals surface area (Å²) in [5, 5.41) is 14.3. The number of esters is 1. The van der Waals surface area contributed by atoms with E-state index in [1.807, 2.05) is 30.3 Å². The van der Waals surface area contributed by atoms with Crippen molar-refractivity contribution in [1.29, 1.82) is 0 Å². The highest BCUT2D eigenvalue weighted by Crippen LogP contribution is 2.33. The van der Waals surface area contributed by atoms with Crippen LogP contribution in [0.1, 0.15) is 31.1 Å². The second-order valence-corrected chi connectivity index (χ2v) is 7.47. The van der Waals surface area contributed by atoms with E-state index in [1.54, 1.807) is 19.1 Å². The number of carbonyl (C=O) groups excluding carboxylic acids is 1. The summed E-state index contributed by atoms with van der Waals surface area (Å²) in [5.74, 6) is 0.738. The number of aliphatic hydroxyl groups excluding tert-OH is 1. The standard InChI is InChI=1S/C22H26ClNO5/c1-3-27-22(26)21-13-28-20-10-15(7-8-19(20)29-21)9-14(2)24-12-18(25)16-5-4-6-17(23)11-16/h4-8,10-11,14,18,21,24-25H,3,9,12-13H2,1-2H3/t14?,18-,21?/m0/s1. The van der Waals surface area contributed by atoms with Crippen LogP contribution in [-0.2, 0) is 16.0 Å². The summed E-state index contributed by atoms with van der Waals surface area (Å²) in [7, 11) is 0. The number of rotatable bonds is 8. The molecule has 0 saturated heterocycles. The van der Waals surface area contributed by atoms with Gasteiger partial charge in [0.1, 0.15) is 6.61 Å². The number of ether oxygens (including phenoxy) is 3. The van der Waals surface area contributed by atoms with Crippen molar-refractivity contribution in [2.45, 2.75) is 38.5 Å². The first-order valence-corrected chi connectivity index (χ1v) is 10.1. The summed E-state index contributed by atoms with van der Waals surface area (Å²) in [6.45, 7) is 4.67. The van der Waals surface area contributed by atoms with Crippen LogP contribution in [0.2, 0.25) is 5.02 Å². The summed E-state index contributed by atoms with van der Waals surface area (Å²) in [4.78, 5) is 11.8. The van der Waals surface area contributed by atoms with Crippen LogP contribution in [0.4, 0.5) is 0 Å². The first-order chi connectivity index (χ1) is 14.0. The predicted molar refractivity (Wildman–Crippen MR) is 111 cm³/mol. The van der Waals surface area contributed by atoms with Crippen LogP contribution in [0, 0.1) is 0 Å². The Balaban J connectivity index is 1.52. The van der Waals surface area contributed by atoms with Gasteiger partial charge in [-0.3, -0.25) is 0 Å². The van der Waals surface area contributed by atoms with Gasteiger partial charge in [-0.25, -0.2) is 4.79 Å². The van der Waals surface area contributed by atoms with Gasteiger partial charge in [0, 0.05) is 17.6 Å². The molecular formula is C22H26ClNO5. The Morgan fingerprint density at radius 2 is 2.14 bits per heavy atom. The van der Waals surface area contributed by atoms with Gasteiger partial charge >= 0.3 is 5.97 Å². The molecule has 7 heteroatoms. The molecule has 1 aliphatic heterocycles.